The van der Waals surface area contributed by atoms with Crippen molar-refractivity contribution < 1.29 is 5.11 Å². The van der Waals surface area contributed by atoms with E-state index in [0.29, 0.717) is 12.6 Å². The number of aliphatic hydroxyl groups excluding tert-OH is 1. The smallest absolute Gasteiger partial charge is 0.109 e. The average molecular weight is 228 g/mol. The van der Waals surface area contributed by atoms with Crippen LogP contribution in [0.25, 0.3) is 0 Å². The minimum Gasteiger partial charge on any atom is -0.396 e. The van der Waals surface area contributed by atoms with Gasteiger partial charge in [-0.3, -0.25) is 0 Å². The molecule has 0 aliphatic heterocycles. The number of nitrogens with zero attached hydrogens (tertiary/aromatic N) is 1. The van der Waals surface area contributed by atoms with Crippen molar-refractivity contribution in [2.24, 2.45) is 0 Å². The Morgan fingerprint density at radius 3 is 2.93 bits per heavy atom. The normalized spacial score (nSPS) is 12.9. The Morgan fingerprint density at radius 1 is 1.47 bits per heavy atom. The Balaban J connectivity index is 2.18. The second-order valence-corrected chi connectivity index (χ2v) is 4.50. The largest absolute Gasteiger partial charge is 0.396 e. The minimum atomic E-state index is 0.309. The van der Waals surface area contributed by atoms with E-state index in [-0.39, 0.29) is 0 Å². The summed E-state index contributed by atoms with van der Waals surface area (Å²) in [5.41, 5.74) is 0. The van der Waals surface area contributed by atoms with Gasteiger partial charge in [0.15, 0.2) is 0 Å². The van der Waals surface area contributed by atoms with Gasteiger partial charge in [0, 0.05) is 18.2 Å². The van der Waals surface area contributed by atoms with Gasteiger partial charge in [-0.2, -0.15) is 0 Å². The first kappa shape index (κ1) is 12.6. The van der Waals surface area contributed by atoms with Gasteiger partial charge >= 0.3 is 0 Å². The molecule has 1 unspecified atom stereocenters. The predicted molar refractivity (Wildman–Crippen MR) is 64.1 cm³/mol. The van der Waals surface area contributed by atoms with Gasteiger partial charge in [0.1, 0.15) is 5.01 Å². The molecule has 1 aromatic heterocycles. The number of aliphatic hydroxyl groups is 1. The van der Waals surface area contributed by atoms with Crippen LogP contribution in [0.1, 0.15) is 43.7 Å². The first-order valence-electron chi connectivity index (χ1n) is 5.62. The third-order valence-electron chi connectivity index (χ3n) is 2.38. The van der Waals surface area contributed by atoms with Gasteiger partial charge < -0.3 is 10.4 Å². The van der Waals surface area contributed by atoms with Gasteiger partial charge in [-0.05, 0) is 32.2 Å². The summed E-state index contributed by atoms with van der Waals surface area (Å²) in [5.74, 6) is 0. The monoisotopic (exact) mass is 228 g/mol. The molecule has 4 heteroatoms. The highest BCUT2D eigenvalue weighted by molar-refractivity contribution is 7.09. The topological polar surface area (TPSA) is 45.1 Å². The highest BCUT2D eigenvalue weighted by Crippen LogP contribution is 2.18. The van der Waals surface area contributed by atoms with Crippen LogP contribution in [-0.4, -0.2) is 23.2 Å². The molecule has 0 spiro atoms. The van der Waals surface area contributed by atoms with E-state index in [1.165, 1.54) is 5.01 Å². The lowest BCUT2D eigenvalue weighted by Crippen LogP contribution is -2.21. The van der Waals surface area contributed by atoms with Gasteiger partial charge in [-0.15, -0.1) is 11.3 Å². The molecular formula is C11H20N2OS. The van der Waals surface area contributed by atoms with E-state index in [1.54, 1.807) is 11.3 Å². The van der Waals surface area contributed by atoms with Gasteiger partial charge in [0.25, 0.3) is 0 Å². The van der Waals surface area contributed by atoms with Crippen molar-refractivity contribution in [2.45, 2.75) is 38.6 Å². The maximum absolute atomic E-state index is 8.64. The SMILES string of the molecule is CCC(NCCCCCO)c1nccs1. The van der Waals surface area contributed by atoms with Crippen LogP contribution in [0, 0.1) is 0 Å². The zero-order valence-corrected chi connectivity index (χ0v) is 10.1. The molecule has 3 nitrogen and oxygen atoms in total. The van der Waals surface area contributed by atoms with E-state index in [4.69, 9.17) is 5.11 Å². The highest BCUT2D eigenvalue weighted by atomic mass is 32.1. The molecule has 1 heterocycles. The van der Waals surface area contributed by atoms with Gasteiger partial charge in [-0.25, -0.2) is 4.98 Å². The van der Waals surface area contributed by atoms with Crippen LogP contribution in [0.4, 0.5) is 0 Å². The first-order chi connectivity index (χ1) is 7.38. The van der Waals surface area contributed by atoms with Gasteiger partial charge in [-0.1, -0.05) is 6.92 Å². The van der Waals surface area contributed by atoms with E-state index in [2.05, 4.69) is 17.2 Å². The first-order valence-corrected chi connectivity index (χ1v) is 6.50. The van der Waals surface area contributed by atoms with Crippen molar-refractivity contribution in [3.05, 3.63) is 16.6 Å². The van der Waals surface area contributed by atoms with Crippen molar-refractivity contribution in [3.63, 3.8) is 0 Å². The number of hydrogen-bond donors (Lipinski definition) is 2. The minimum absolute atomic E-state index is 0.309. The number of aromatic nitrogens is 1. The second-order valence-electron chi connectivity index (χ2n) is 3.57. The van der Waals surface area contributed by atoms with E-state index in [9.17, 15) is 0 Å². The molecule has 0 saturated carbocycles. The Kier molecular flexibility index (Phi) is 6.55. The van der Waals surface area contributed by atoms with Crippen LogP contribution < -0.4 is 5.32 Å². The van der Waals surface area contributed by atoms with E-state index < -0.39 is 0 Å². The lowest BCUT2D eigenvalue weighted by molar-refractivity contribution is 0.282. The maximum Gasteiger partial charge on any atom is 0.109 e. The van der Waals surface area contributed by atoms with Crippen molar-refractivity contribution in [1.82, 2.24) is 10.3 Å². The van der Waals surface area contributed by atoms with Crippen LogP contribution in [0.5, 0.6) is 0 Å². The summed E-state index contributed by atoms with van der Waals surface area (Å²) < 4.78 is 0. The number of rotatable bonds is 8. The summed E-state index contributed by atoms with van der Waals surface area (Å²) in [6.07, 6.45) is 6.07. The lowest BCUT2D eigenvalue weighted by atomic mass is 10.2. The standard InChI is InChI=1S/C11H20N2OS/c1-2-10(11-13-7-9-15-11)12-6-4-3-5-8-14/h7,9-10,12,14H,2-6,8H2,1H3. The van der Waals surface area contributed by atoms with Crippen LogP contribution in [0.15, 0.2) is 11.6 Å². The number of thiazole rings is 1. The maximum atomic E-state index is 8.64. The number of unbranched alkanes of at least 4 members (excludes halogenated alkanes) is 2. The highest BCUT2D eigenvalue weighted by Gasteiger charge is 2.09. The van der Waals surface area contributed by atoms with Crippen LogP contribution in [0.3, 0.4) is 0 Å². The molecule has 0 aliphatic carbocycles. The number of hydrogen-bond acceptors (Lipinski definition) is 4. The molecule has 86 valence electrons. The molecule has 1 aromatic rings. The molecule has 15 heavy (non-hydrogen) atoms. The Hall–Kier alpha value is -0.450. The van der Waals surface area contributed by atoms with Crippen molar-refractivity contribution >= 4 is 11.3 Å². The molecule has 0 saturated heterocycles. The molecule has 0 fully saturated rings. The van der Waals surface area contributed by atoms with Crippen molar-refractivity contribution in [1.29, 1.82) is 0 Å². The quantitative estimate of drug-likeness (QED) is 0.671. The molecule has 2 N–H and O–H groups in total. The molecule has 0 aromatic carbocycles. The fourth-order valence-corrected chi connectivity index (χ4v) is 2.30. The summed E-state index contributed by atoms with van der Waals surface area (Å²) >= 11 is 1.71. The van der Waals surface area contributed by atoms with Crippen molar-refractivity contribution in [3.8, 4) is 0 Å². The summed E-state index contributed by atoms with van der Waals surface area (Å²) in [6, 6.07) is 0.402. The fourth-order valence-electron chi connectivity index (χ4n) is 1.50. The molecular weight excluding hydrogens is 208 g/mol. The Bertz CT molecular complexity index is 239. The van der Waals surface area contributed by atoms with Crippen LogP contribution in [0.2, 0.25) is 0 Å². The van der Waals surface area contributed by atoms with Gasteiger partial charge in [0.05, 0.1) is 6.04 Å². The zero-order chi connectivity index (χ0) is 10.9. The third-order valence-corrected chi connectivity index (χ3v) is 3.27. The van der Waals surface area contributed by atoms with E-state index in [0.717, 1.165) is 32.2 Å². The molecule has 0 radical (unpaired) electrons. The molecule has 0 aliphatic rings. The zero-order valence-electron chi connectivity index (χ0n) is 9.28. The van der Waals surface area contributed by atoms with Crippen molar-refractivity contribution in [2.75, 3.05) is 13.2 Å². The molecule has 0 amide bonds. The van der Waals surface area contributed by atoms with E-state index >= 15 is 0 Å². The summed E-state index contributed by atoms with van der Waals surface area (Å²) in [6.45, 7) is 3.49. The number of nitrogens with one attached hydrogen (secondary N) is 1. The summed E-state index contributed by atoms with van der Waals surface area (Å²) in [4.78, 5) is 4.32. The van der Waals surface area contributed by atoms with Crippen LogP contribution >= 0.6 is 11.3 Å². The molecule has 1 rings (SSSR count). The summed E-state index contributed by atoms with van der Waals surface area (Å²) in [7, 11) is 0. The third kappa shape index (κ3) is 4.73. The predicted octanol–water partition coefficient (Wildman–Crippen LogP) is 2.35. The van der Waals surface area contributed by atoms with Crippen LogP contribution in [-0.2, 0) is 0 Å². The average Bonchev–Trinajstić information content (AvgIpc) is 2.77. The Morgan fingerprint density at radius 2 is 2.33 bits per heavy atom. The van der Waals surface area contributed by atoms with E-state index in [1.807, 2.05) is 11.6 Å². The van der Waals surface area contributed by atoms with Gasteiger partial charge in [0.2, 0.25) is 0 Å². The fraction of sp³-hybridized carbons (Fsp3) is 0.727. The molecule has 0 bridgehead atoms. The summed E-state index contributed by atoms with van der Waals surface area (Å²) in [5, 5.41) is 15.3. The second kappa shape index (κ2) is 7.79. The lowest BCUT2D eigenvalue weighted by Gasteiger charge is -2.13. The Labute approximate surface area is 95.6 Å². The molecule has 1 atom stereocenters.